The van der Waals surface area contributed by atoms with Gasteiger partial charge in [-0.05, 0) is 16.5 Å². The van der Waals surface area contributed by atoms with Crippen molar-refractivity contribution in [3.63, 3.8) is 0 Å². The Bertz CT molecular complexity index is 620. The molecule has 0 aliphatic carbocycles. The average molecular weight is 286 g/mol. The third-order valence-electron chi connectivity index (χ3n) is 3.21. The Morgan fingerprint density at radius 2 is 1.95 bits per heavy atom. The zero-order valence-corrected chi connectivity index (χ0v) is 13.0. The van der Waals surface area contributed by atoms with Gasteiger partial charge >= 0.3 is 0 Å². The van der Waals surface area contributed by atoms with Crippen LogP contribution in [-0.2, 0) is 23.9 Å². The molecule has 0 bridgehead atoms. The molecule has 5 heteroatoms. The van der Waals surface area contributed by atoms with Crippen molar-refractivity contribution in [3.05, 3.63) is 53.3 Å². The summed E-state index contributed by atoms with van der Waals surface area (Å²) in [6.07, 6.45) is 3.45. The highest BCUT2D eigenvalue weighted by Gasteiger charge is 2.12. The predicted molar refractivity (Wildman–Crippen MR) is 83.9 cm³/mol. The Hall–Kier alpha value is -2.30. The summed E-state index contributed by atoms with van der Waals surface area (Å²) in [4.78, 5) is 5.30. The molecule has 0 amide bonds. The number of aromatic nitrogens is 2. The molecule has 0 spiro atoms. The minimum absolute atomic E-state index is 0.155. The quantitative estimate of drug-likeness (QED) is 0.533. The van der Waals surface area contributed by atoms with Gasteiger partial charge in [-0.3, -0.25) is 4.68 Å². The summed E-state index contributed by atoms with van der Waals surface area (Å²) in [7, 11) is 1.83. The van der Waals surface area contributed by atoms with Crippen LogP contribution in [0.1, 0.15) is 37.5 Å². The van der Waals surface area contributed by atoms with Crippen LogP contribution in [0.2, 0.25) is 0 Å². The second-order valence-electron chi connectivity index (χ2n) is 6.10. The van der Waals surface area contributed by atoms with Crippen LogP contribution < -0.4 is 5.73 Å². The fourth-order valence-corrected chi connectivity index (χ4v) is 1.88. The van der Waals surface area contributed by atoms with Crippen molar-refractivity contribution >= 4 is 5.84 Å². The smallest absolute Gasteiger partial charge is 0.173 e. The zero-order chi connectivity index (χ0) is 15.5. The second kappa shape index (κ2) is 5.99. The molecule has 0 aliphatic heterocycles. The molecule has 2 aromatic rings. The van der Waals surface area contributed by atoms with Gasteiger partial charge in [-0.2, -0.15) is 5.10 Å². The van der Waals surface area contributed by atoms with Crippen LogP contribution in [0.15, 0.2) is 41.8 Å². The second-order valence-corrected chi connectivity index (χ2v) is 6.10. The van der Waals surface area contributed by atoms with Crippen LogP contribution in [0.25, 0.3) is 0 Å². The van der Waals surface area contributed by atoms with E-state index in [4.69, 9.17) is 10.6 Å². The molecule has 1 aromatic carbocycles. The van der Waals surface area contributed by atoms with Crippen molar-refractivity contribution in [1.82, 2.24) is 9.78 Å². The fourth-order valence-electron chi connectivity index (χ4n) is 1.88. The van der Waals surface area contributed by atoms with Crippen LogP contribution in [-0.4, -0.2) is 15.6 Å². The number of oxime groups is 1. The monoisotopic (exact) mass is 286 g/mol. The van der Waals surface area contributed by atoms with Crippen molar-refractivity contribution in [2.45, 2.75) is 32.8 Å². The summed E-state index contributed by atoms with van der Waals surface area (Å²) in [6.45, 7) is 6.97. The molecule has 112 valence electrons. The van der Waals surface area contributed by atoms with Crippen molar-refractivity contribution < 1.29 is 4.84 Å². The van der Waals surface area contributed by atoms with Crippen molar-refractivity contribution in [3.8, 4) is 0 Å². The first-order valence-electron chi connectivity index (χ1n) is 6.90. The average Bonchev–Trinajstić information content (AvgIpc) is 2.85. The van der Waals surface area contributed by atoms with Crippen LogP contribution in [0.3, 0.4) is 0 Å². The summed E-state index contributed by atoms with van der Waals surface area (Å²) in [5.41, 5.74) is 9.09. The number of hydrogen-bond donors (Lipinski definition) is 1. The first-order valence-corrected chi connectivity index (χ1v) is 6.90. The van der Waals surface area contributed by atoms with Crippen LogP contribution in [0.4, 0.5) is 0 Å². The lowest BCUT2D eigenvalue weighted by Crippen LogP contribution is -2.13. The van der Waals surface area contributed by atoms with Crippen LogP contribution >= 0.6 is 0 Å². The van der Waals surface area contributed by atoms with E-state index in [1.165, 1.54) is 5.56 Å². The Balaban J connectivity index is 1.94. The third-order valence-corrected chi connectivity index (χ3v) is 3.21. The first-order chi connectivity index (χ1) is 9.86. The SMILES string of the molecule is Cn1cc(/C(N)=N/OCc2ccc(C(C)(C)C)cc2)cn1. The summed E-state index contributed by atoms with van der Waals surface area (Å²) in [5, 5.41) is 7.95. The highest BCUT2D eigenvalue weighted by atomic mass is 16.6. The van der Waals surface area contributed by atoms with E-state index in [0.717, 1.165) is 11.1 Å². The first kappa shape index (κ1) is 15.1. The molecular formula is C16H22N4O. The van der Waals surface area contributed by atoms with E-state index in [2.05, 4.69) is 55.3 Å². The van der Waals surface area contributed by atoms with Gasteiger partial charge in [0.05, 0.1) is 11.8 Å². The van der Waals surface area contributed by atoms with Crippen molar-refractivity contribution in [2.75, 3.05) is 0 Å². The number of hydrogen-bond acceptors (Lipinski definition) is 3. The van der Waals surface area contributed by atoms with Gasteiger partial charge in [0.15, 0.2) is 5.84 Å². The van der Waals surface area contributed by atoms with Gasteiger partial charge in [-0.1, -0.05) is 50.2 Å². The molecule has 0 saturated heterocycles. The normalized spacial score (nSPS) is 12.5. The van der Waals surface area contributed by atoms with E-state index in [9.17, 15) is 0 Å². The number of amidine groups is 1. The lowest BCUT2D eigenvalue weighted by molar-refractivity contribution is 0.130. The molecule has 1 aromatic heterocycles. The summed E-state index contributed by atoms with van der Waals surface area (Å²) >= 11 is 0. The van der Waals surface area contributed by atoms with Crippen molar-refractivity contribution in [1.29, 1.82) is 0 Å². The van der Waals surface area contributed by atoms with Crippen molar-refractivity contribution in [2.24, 2.45) is 17.9 Å². The molecule has 5 nitrogen and oxygen atoms in total. The number of aryl methyl sites for hydroxylation is 1. The number of nitrogens with two attached hydrogens (primary N) is 1. The molecule has 21 heavy (non-hydrogen) atoms. The maximum Gasteiger partial charge on any atom is 0.173 e. The Morgan fingerprint density at radius 1 is 1.29 bits per heavy atom. The van der Waals surface area contributed by atoms with Gasteiger partial charge in [0.25, 0.3) is 0 Å². The van der Waals surface area contributed by atoms with Gasteiger partial charge in [-0.25, -0.2) is 0 Å². The molecule has 2 N–H and O–H groups in total. The van der Waals surface area contributed by atoms with E-state index in [0.29, 0.717) is 12.4 Å². The molecule has 0 fully saturated rings. The van der Waals surface area contributed by atoms with E-state index in [1.807, 2.05) is 7.05 Å². The molecule has 0 radical (unpaired) electrons. The highest BCUT2D eigenvalue weighted by Crippen LogP contribution is 2.22. The number of nitrogens with zero attached hydrogens (tertiary/aromatic N) is 3. The maximum absolute atomic E-state index is 5.83. The highest BCUT2D eigenvalue weighted by molar-refractivity contribution is 5.96. The molecule has 0 unspecified atom stereocenters. The van der Waals surface area contributed by atoms with Gasteiger partial charge < -0.3 is 10.6 Å². The van der Waals surface area contributed by atoms with Gasteiger partial charge in [0.1, 0.15) is 6.61 Å². The number of rotatable bonds is 4. The standard InChI is InChI=1S/C16H22N4O/c1-16(2,3)14-7-5-12(6-8-14)11-21-19-15(17)13-9-18-20(4)10-13/h5-10H,11H2,1-4H3,(H2,17,19). The Kier molecular flexibility index (Phi) is 4.31. The summed E-state index contributed by atoms with van der Waals surface area (Å²) in [5.74, 6) is 0.328. The molecule has 0 aliphatic rings. The zero-order valence-electron chi connectivity index (χ0n) is 13.0. The molecule has 2 rings (SSSR count). The molecule has 0 atom stereocenters. The largest absolute Gasteiger partial charge is 0.389 e. The Labute approximate surface area is 125 Å². The van der Waals surface area contributed by atoms with Gasteiger partial charge in [-0.15, -0.1) is 0 Å². The molecular weight excluding hydrogens is 264 g/mol. The predicted octanol–water partition coefficient (Wildman–Crippen LogP) is 2.55. The molecule has 1 heterocycles. The number of benzene rings is 1. The van der Waals surface area contributed by atoms with E-state index in [-0.39, 0.29) is 5.41 Å². The van der Waals surface area contributed by atoms with Gasteiger partial charge in [0, 0.05) is 13.2 Å². The van der Waals surface area contributed by atoms with Crippen LogP contribution in [0.5, 0.6) is 0 Å². The van der Waals surface area contributed by atoms with Gasteiger partial charge in [0.2, 0.25) is 0 Å². The van der Waals surface area contributed by atoms with Crippen LogP contribution in [0, 0.1) is 0 Å². The lowest BCUT2D eigenvalue weighted by atomic mass is 9.87. The van der Waals surface area contributed by atoms with E-state index in [1.54, 1.807) is 17.1 Å². The topological polar surface area (TPSA) is 65.4 Å². The van der Waals surface area contributed by atoms with E-state index >= 15 is 0 Å². The third kappa shape index (κ3) is 4.08. The minimum atomic E-state index is 0.155. The summed E-state index contributed by atoms with van der Waals surface area (Å²) < 4.78 is 1.67. The Morgan fingerprint density at radius 3 is 2.48 bits per heavy atom. The lowest BCUT2D eigenvalue weighted by Gasteiger charge is -2.18. The van der Waals surface area contributed by atoms with E-state index < -0.39 is 0 Å². The molecule has 0 saturated carbocycles. The fraction of sp³-hybridized carbons (Fsp3) is 0.375. The summed E-state index contributed by atoms with van der Waals surface area (Å²) in [6, 6.07) is 8.34. The maximum atomic E-state index is 5.83. The minimum Gasteiger partial charge on any atom is -0.389 e.